The highest BCUT2D eigenvalue weighted by molar-refractivity contribution is 7.99. The molecule has 0 radical (unpaired) electrons. The zero-order chi connectivity index (χ0) is 17.8. The fraction of sp³-hybridized carbons (Fsp3) is 0.167. The minimum absolute atomic E-state index is 0.00502. The van der Waals surface area contributed by atoms with Crippen molar-refractivity contribution in [2.45, 2.75) is 18.3 Å². The average Bonchev–Trinajstić information content (AvgIpc) is 3.03. The number of ketones is 1. The molecule has 1 unspecified atom stereocenters. The maximum Gasteiger partial charge on any atom is 0.317 e. The van der Waals surface area contributed by atoms with E-state index in [1.54, 1.807) is 37.3 Å². The molecule has 7 heteroatoms. The van der Waals surface area contributed by atoms with Crippen LogP contribution in [0.1, 0.15) is 17.3 Å². The number of thioether (sulfide) groups is 1. The van der Waals surface area contributed by atoms with Gasteiger partial charge in [-0.15, -0.1) is 0 Å². The zero-order valence-electron chi connectivity index (χ0n) is 13.3. The molecule has 5 nitrogen and oxygen atoms in total. The van der Waals surface area contributed by atoms with E-state index in [0.29, 0.717) is 21.4 Å². The van der Waals surface area contributed by atoms with Gasteiger partial charge in [0.15, 0.2) is 11.7 Å². The zero-order valence-corrected chi connectivity index (χ0v) is 14.8. The molecule has 1 atom stereocenters. The molecule has 0 aliphatic carbocycles. The number of aromatic nitrogens is 1. The smallest absolute Gasteiger partial charge is 0.317 e. The Morgan fingerprint density at radius 2 is 1.92 bits per heavy atom. The van der Waals surface area contributed by atoms with Gasteiger partial charge in [-0.3, -0.25) is 9.59 Å². The SMILES string of the molecule is CC(OC(=O)CSc1nc2ccccc2o1)C(=O)c1ccc(Cl)cc1. The summed E-state index contributed by atoms with van der Waals surface area (Å²) in [5.41, 5.74) is 1.82. The van der Waals surface area contributed by atoms with Crippen molar-refractivity contribution in [1.29, 1.82) is 0 Å². The Morgan fingerprint density at radius 3 is 2.64 bits per heavy atom. The van der Waals surface area contributed by atoms with Crippen molar-refractivity contribution < 1.29 is 18.7 Å². The van der Waals surface area contributed by atoms with Gasteiger partial charge in [-0.1, -0.05) is 35.5 Å². The number of fused-ring (bicyclic) bond motifs is 1. The lowest BCUT2D eigenvalue weighted by Gasteiger charge is -2.11. The van der Waals surface area contributed by atoms with Gasteiger partial charge in [-0.25, -0.2) is 4.98 Å². The minimum atomic E-state index is -0.877. The fourth-order valence-electron chi connectivity index (χ4n) is 2.17. The maximum atomic E-state index is 12.2. The minimum Gasteiger partial charge on any atom is -0.454 e. The first-order chi connectivity index (χ1) is 12.0. The standard InChI is InChI=1S/C18H14ClNO4S/c1-11(17(22)12-6-8-13(19)9-7-12)23-16(21)10-25-18-20-14-4-2-3-5-15(14)24-18/h2-9,11H,10H2,1H3. The molecule has 0 saturated heterocycles. The highest BCUT2D eigenvalue weighted by Gasteiger charge is 2.20. The van der Waals surface area contributed by atoms with E-state index in [2.05, 4.69) is 4.98 Å². The van der Waals surface area contributed by atoms with E-state index < -0.39 is 12.1 Å². The van der Waals surface area contributed by atoms with Gasteiger partial charge in [-0.05, 0) is 43.3 Å². The number of esters is 1. The average molecular weight is 376 g/mol. The quantitative estimate of drug-likeness (QED) is 0.361. The number of carbonyl (C=O) groups excluding carboxylic acids is 2. The molecule has 0 bridgehead atoms. The van der Waals surface area contributed by atoms with Crippen molar-refractivity contribution in [3.63, 3.8) is 0 Å². The van der Waals surface area contributed by atoms with Gasteiger partial charge >= 0.3 is 5.97 Å². The van der Waals surface area contributed by atoms with Crippen molar-refractivity contribution in [3.05, 3.63) is 59.1 Å². The van der Waals surface area contributed by atoms with E-state index in [1.165, 1.54) is 0 Å². The number of hydrogen-bond donors (Lipinski definition) is 0. The van der Waals surface area contributed by atoms with E-state index >= 15 is 0 Å². The van der Waals surface area contributed by atoms with E-state index in [9.17, 15) is 9.59 Å². The van der Waals surface area contributed by atoms with Crippen LogP contribution in [0.25, 0.3) is 11.1 Å². The van der Waals surface area contributed by atoms with Crippen molar-refractivity contribution in [2.75, 3.05) is 5.75 Å². The number of hydrogen-bond acceptors (Lipinski definition) is 6. The lowest BCUT2D eigenvalue weighted by Crippen LogP contribution is -2.25. The number of carbonyl (C=O) groups is 2. The van der Waals surface area contributed by atoms with Crippen molar-refractivity contribution in [2.24, 2.45) is 0 Å². The largest absolute Gasteiger partial charge is 0.454 e. The van der Waals surface area contributed by atoms with Gasteiger partial charge in [0.1, 0.15) is 11.3 Å². The van der Waals surface area contributed by atoms with Crippen LogP contribution < -0.4 is 0 Å². The Bertz CT molecular complexity index is 874. The second kappa shape index (κ2) is 7.72. The van der Waals surface area contributed by atoms with Crippen LogP contribution in [-0.4, -0.2) is 28.6 Å². The number of rotatable bonds is 6. The van der Waals surface area contributed by atoms with Crippen molar-refractivity contribution in [1.82, 2.24) is 4.98 Å². The second-order valence-corrected chi connectivity index (χ2v) is 6.60. The van der Waals surface area contributed by atoms with Crippen LogP contribution >= 0.6 is 23.4 Å². The summed E-state index contributed by atoms with van der Waals surface area (Å²) in [6, 6.07) is 13.8. The van der Waals surface area contributed by atoms with Crippen LogP contribution in [0.15, 0.2) is 58.2 Å². The molecule has 0 aliphatic rings. The predicted molar refractivity (Wildman–Crippen MR) is 96.1 cm³/mol. The van der Waals surface area contributed by atoms with E-state index in [4.69, 9.17) is 20.8 Å². The van der Waals surface area contributed by atoms with Crippen LogP contribution in [0.5, 0.6) is 0 Å². The first-order valence-corrected chi connectivity index (χ1v) is 8.87. The van der Waals surface area contributed by atoms with E-state index in [0.717, 1.165) is 17.3 Å². The van der Waals surface area contributed by atoms with E-state index in [1.807, 2.05) is 18.2 Å². The Hall–Kier alpha value is -2.31. The third-order valence-corrected chi connectivity index (χ3v) is 4.45. The molecule has 0 amide bonds. The molecule has 1 aromatic heterocycles. The number of benzene rings is 2. The second-order valence-electron chi connectivity index (χ2n) is 5.24. The Morgan fingerprint density at radius 1 is 1.20 bits per heavy atom. The molecular formula is C18H14ClNO4S. The van der Waals surface area contributed by atoms with Crippen LogP contribution in [0.4, 0.5) is 0 Å². The van der Waals surface area contributed by atoms with Gasteiger partial charge in [0.2, 0.25) is 5.78 Å². The Balaban J connectivity index is 1.54. The summed E-state index contributed by atoms with van der Waals surface area (Å²) in [5, 5.41) is 0.922. The van der Waals surface area contributed by atoms with Gasteiger partial charge in [0, 0.05) is 10.6 Å². The molecule has 25 heavy (non-hydrogen) atoms. The Kier molecular flexibility index (Phi) is 5.40. The van der Waals surface area contributed by atoms with Crippen LogP contribution in [0.2, 0.25) is 5.02 Å². The third-order valence-electron chi connectivity index (χ3n) is 3.39. The number of ether oxygens (including phenoxy) is 1. The highest BCUT2D eigenvalue weighted by Crippen LogP contribution is 2.23. The molecule has 2 aromatic carbocycles. The molecule has 128 valence electrons. The lowest BCUT2D eigenvalue weighted by molar-refractivity contribution is -0.143. The summed E-state index contributed by atoms with van der Waals surface area (Å²) in [6.07, 6.45) is -0.877. The molecule has 1 heterocycles. The summed E-state index contributed by atoms with van der Waals surface area (Å²) in [6.45, 7) is 1.54. The summed E-state index contributed by atoms with van der Waals surface area (Å²) < 4.78 is 10.7. The summed E-state index contributed by atoms with van der Waals surface area (Å²) >= 11 is 6.92. The van der Waals surface area contributed by atoms with Crippen LogP contribution in [-0.2, 0) is 9.53 Å². The highest BCUT2D eigenvalue weighted by atomic mass is 35.5. The number of nitrogens with zero attached hydrogens (tertiary/aromatic N) is 1. The number of halogens is 1. The molecule has 0 fully saturated rings. The Labute approximate surface area is 153 Å². The number of oxazole rings is 1. The predicted octanol–water partition coefficient (Wildman–Crippen LogP) is 4.39. The summed E-state index contributed by atoms with van der Waals surface area (Å²) in [7, 11) is 0. The lowest BCUT2D eigenvalue weighted by atomic mass is 10.1. The van der Waals surface area contributed by atoms with Gasteiger partial charge in [0.05, 0.1) is 0 Å². The first-order valence-electron chi connectivity index (χ1n) is 7.50. The molecule has 3 aromatic rings. The van der Waals surface area contributed by atoms with E-state index in [-0.39, 0.29) is 11.5 Å². The van der Waals surface area contributed by atoms with Gasteiger partial charge < -0.3 is 9.15 Å². The maximum absolute atomic E-state index is 12.2. The molecule has 0 aliphatic heterocycles. The van der Waals surface area contributed by atoms with Crippen molar-refractivity contribution in [3.8, 4) is 0 Å². The molecule has 0 saturated carbocycles. The first kappa shape index (κ1) is 17.5. The van der Waals surface area contributed by atoms with Crippen LogP contribution in [0.3, 0.4) is 0 Å². The molecule has 0 spiro atoms. The third kappa shape index (κ3) is 4.41. The topological polar surface area (TPSA) is 69.4 Å². The van der Waals surface area contributed by atoms with Crippen LogP contribution in [0, 0.1) is 0 Å². The number of para-hydroxylation sites is 2. The number of Topliss-reactive ketones (excluding diaryl/α,β-unsaturated/α-hetero) is 1. The fourth-order valence-corrected chi connectivity index (χ4v) is 2.91. The molecule has 0 N–H and O–H groups in total. The summed E-state index contributed by atoms with van der Waals surface area (Å²) in [5.74, 6) is -0.788. The van der Waals surface area contributed by atoms with Gasteiger partial charge in [0.25, 0.3) is 5.22 Å². The summed E-state index contributed by atoms with van der Waals surface area (Å²) in [4.78, 5) is 28.4. The molecule has 3 rings (SSSR count). The normalized spacial score (nSPS) is 12.1. The van der Waals surface area contributed by atoms with Gasteiger partial charge in [-0.2, -0.15) is 0 Å². The molecular weight excluding hydrogens is 362 g/mol. The van der Waals surface area contributed by atoms with Crippen molar-refractivity contribution >= 4 is 46.2 Å². The monoisotopic (exact) mass is 375 g/mol.